The molecule has 0 radical (unpaired) electrons. The van der Waals surface area contributed by atoms with E-state index < -0.39 is 0 Å². The van der Waals surface area contributed by atoms with E-state index in [1.54, 1.807) is 104 Å². The van der Waals surface area contributed by atoms with Crippen LogP contribution in [0.3, 0.4) is 0 Å². The van der Waals surface area contributed by atoms with Gasteiger partial charge in [-0.1, -0.05) is 144 Å². The van der Waals surface area contributed by atoms with Crippen LogP contribution in [0, 0.1) is 0 Å². The molecule has 8 nitrogen and oxygen atoms in total. The van der Waals surface area contributed by atoms with Gasteiger partial charge in [-0.15, -0.1) is 0 Å². The molecule has 2 aliphatic heterocycles. The fraction of sp³-hybridized carbons (Fsp3) is 0.121. The molecule has 0 aliphatic carbocycles. The second-order valence-electron chi connectivity index (χ2n) is 17.6. The summed E-state index contributed by atoms with van der Waals surface area (Å²) in [6, 6.07) is 66.8. The molecule has 8 aromatic rings. The molecule has 0 amide bonds. The van der Waals surface area contributed by atoms with Crippen LogP contribution in [0.2, 0.25) is 0 Å². The fourth-order valence-corrected chi connectivity index (χ4v) is 15.2. The molecule has 2 aliphatic rings. The van der Waals surface area contributed by atoms with Crippen LogP contribution >= 0.6 is 47.0 Å². The molecule has 8 aromatic carbocycles. The van der Waals surface area contributed by atoms with Crippen LogP contribution in [0.1, 0.15) is 44.5 Å². The van der Waals surface area contributed by atoms with E-state index in [4.69, 9.17) is 37.9 Å². The summed E-state index contributed by atoms with van der Waals surface area (Å²) in [6.45, 7) is 0. The van der Waals surface area contributed by atoms with Gasteiger partial charge in [0.15, 0.2) is 0 Å². The summed E-state index contributed by atoms with van der Waals surface area (Å²) in [5, 5.41) is 0. The zero-order valence-electron chi connectivity index (χ0n) is 44.4. The van der Waals surface area contributed by atoms with Crippen LogP contribution in [0.25, 0.3) is 22.3 Å². The van der Waals surface area contributed by atoms with E-state index in [1.165, 1.54) is 0 Å². The summed E-state index contributed by atoms with van der Waals surface area (Å²) >= 11 is 7.19. The summed E-state index contributed by atoms with van der Waals surface area (Å²) < 4.78 is 48.0. The van der Waals surface area contributed by atoms with Crippen molar-refractivity contribution in [3.8, 4) is 46.0 Å². The van der Waals surface area contributed by atoms with Crippen molar-refractivity contribution in [2.24, 2.45) is 0 Å². The third-order valence-electron chi connectivity index (χ3n) is 13.3. The second-order valence-corrected chi connectivity index (χ2v) is 22.2. The first-order valence-electron chi connectivity index (χ1n) is 24.9. The Morgan fingerprint density at radius 3 is 0.410 bits per heavy atom. The van der Waals surface area contributed by atoms with Gasteiger partial charge < -0.3 is 37.9 Å². The van der Waals surface area contributed by atoms with Gasteiger partial charge in [0.05, 0.1) is 65.4 Å². The number of methoxy groups -OCH3 is 8. The van der Waals surface area contributed by atoms with E-state index in [9.17, 15) is 0 Å². The van der Waals surface area contributed by atoms with Crippen LogP contribution in [-0.4, -0.2) is 56.9 Å². The Balaban J connectivity index is 1.32. The maximum atomic E-state index is 5.72. The molecule has 0 spiro atoms. The van der Waals surface area contributed by atoms with E-state index in [2.05, 4.69) is 97.1 Å². The smallest absolute Gasteiger partial charge is 0.118 e. The Labute approximate surface area is 473 Å². The minimum absolute atomic E-state index is 0.772. The summed E-state index contributed by atoms with van der Waals surface area (Å²) in [5.74, 6) is 6.17. The lowest BCUT2D eigenvalue weighted by atomic mass is 9.93. The van der Waals surface area contributed by atoms with E-state index in [0.29, 0.717) is 0 Å². The van der Waals surface area contributed by atoms with Crippen molar-refractivity contribution < 1.29 is 37.9 Å². The maximum absolute atomic E-state index is 5.72. The van der Waals surface area contributed by atoms with Crippen LogP contribution in [-0.2, 0) is 0 Å². The van der Waals surface area contributed by atoms with Crippen LogP contribution < -0.4 is 37.9 Å². The third-order valence-corrected chi connectivity index (χ3v) is 19.1. The summed E-state index contributed by atoms with van der Waals surface area (Å²) in [4.78, 5) is 4.39. The Morgan fingerprint density at radius 1 is 0.192 bits per heavy atom. The molecule has 0 unspecified atom stereocenters. The first-order chi connectivity index (χ1) is 38.3. The van der Waals surface area contributed by atoms with Gasteiger partial charge >= 0.3 is 0 Å². The number of ether oxygens (including phenoxy) is 8. The molecule has 0 aromatic heterocycles. The topological polar surface area (TPSA) is 73.8 Å². The lowest BCUT2D eigenvalue weighted by Crippen LogP contribution is -1.97. The minimum atomic E-state index is 0.772. The van der Waals surface area contributed by atoms with Crippen molar-refractivity contribution >= 4 is 69.3 Å². The molecule has 392 valence electrons. The van der Waals surface area contributed by atoms with Gasteiger partial charge in [-0.3, -0.25) is 0 Å². The van der Waals surface area contributed by atoms with Crippen molar-refractivity contribution in [3.63, 3.8) is 0 Å². The predicted molar refractivity (Wildman–Crippen MR) is 325 cm³/mol. The van der Waals surface area contributed by atoms with Gasteiger partial charge in [0.2, 0.25) is 0 Å². The van der Waals surface area contributed by atoms with Crippen molar-refractivity contribution in [1.29, 1.82) is 0 Å². The average Bonchev–Trinajstić information content (AvgIpc) is 4.34. The Hall–Kier alpha value is -7.74. The van der Waals surface area contributed by atoms with Gasteiger partial charge in [-0.25, -0.2) is 0 Å². The Bertz CT molecular complexity index is 2890. The lowest BCUT2D eigenvalue weighted by Gasteiger charge is -2.18. The molecule has 12 heteroatoms. The first kappa shape index (κ1) is 53.6. The van der Waals surface area contributed by atoms with E-state index in [0.717, 1.165) is 141 Å². The molecule has 78 heavy (non-hydrogen) atoms. The van der Waals surface area contributed by atoms with Gasteiger partial charge in [0.25, 0.3) is 0 Å². The van der Waals surface area contributed by atoms with E-state index in [-0.39, 0.29) is 0 Å². The summed E-state index contributed by atoms with van der Waals surface area (Å²) in [7, 11) is 13.6. The standard InChI is InChI=1S/C66H56O8S4/c1-67-49-25-9-41(10-26-49)57(42-11-27-50(68-2)28-12-42)61-62(58(43-13-29-51(69-3)30-14-43)44-15-31-52(70-4)32-16-44)76-65(75-61)66-77-63(59(45-17-33-53(71-5)34-18-45)46-19-35-54(72-6)36-20-46)64(78-66)60(47-21-37-55(73-7)38-22-47)48-23-39-56(74-8)40-24-48/h9-40H,1-8H3. The highest BCUT2D eigenvalue weighted by Gasteiger charge is 2.37. The largest absolute Gasteiger partial charge is 0.497 e. The molecule has 10 rings (SSSR count). The molecular formula is C66H56O8S4. The highest BCUT2D eigenvalue weighted by molar-refractivity contribution is 8.35. The third kappa shape index (κ3) is 11.4. The quantitative estimate of drug-likeness (QED) is 0.0925. The molecule has 0 bridgehead atoms. The van der Waals surface area contributed by atoms with Crippen molar-refractivity contribution in [3.05, 3.63) is 267 Å². The van der Waals surface area contributed by atoms with Crippen molar-refractivity contribution in [2.45, 2.75) is 0 Å². The lowest BCUT2D eigenvalue weighted by molar-refractivity contribution is 0.414. The van der Waals surface area contributed by atoms with Gasteiger partial charge in [-0.2, -0.15) is 0 Å². The number of benzene rings is 8. The molecular weight excluding hydrogens is 1050 g/mol. The number of hydrogen-bond acceptors (Lipinski definition) is 12. The number of rotatable bonds is 16. The fourth-order valence-electron chi connectivity index (χ4n) is 9.20. The number of hydrogen-bond donors (Lipinski definition) is 0. The Kier molecular flexibility index (Phi) is 17.0. The highest BCUT2D eigenvalue weighted by atomic mass is 32.2. The van der Waals surface area contributed by atoms with Crippen molar-refractivity contribution in [1.82, 2.24) is 0 Å². The second kappa shape index (κ2) is 24.7. The SMILES string of the molecule is COc1ccc(C(=C2SC(=C3SC(=C(c4ccc(OC)cc4)c4ccc(OC)cc4)C(=C(c4ccc(OC)cc4)c4ccc(OC)cc4)S3)SC2=C(c2ccc(OC)cc2)c2ccc(OC)cc2)c2ccc(OC)cc2)cc1. The van der Waals surface area contributed by atoms with Crippen LogP contribution in [0.5, 0.6) is 46.0 Å². The predicted octanol–water partition coefficient (Wildman–Crippen LogP) is 17.0. The minimum Gasteiger partial charge on any atom is -0.497 e. The maximum Gasteiger partial charge on any atom is 0.118 e. The summed E-state index contributed by atoms with van der Waals surface area (Å²) in [5.41, 5.74) is 12.5. The van der Waals surface area contributed by atoms with E-state index >= 15 is 0 Å². The van der Waals surface area contributed by atoms with Gasteiger partial charge in [0.1, 0.15) is 46.0 Å². The molecule has 2 fully saturated rings. The molecule has 2 saturated heterocycles. The van der Waals surface area contributed by atoms with Gasteiger partial charge in [-0.05, 0) is 142 Å². The Morgan fingerprint density at radius 2 is 0.308 bits per heavy atom. The zero-order valence-corrected chi connectivity index (χ0v) is 47.6. The summed E-state index contributed by atoms with van der Waals surface area (Å²) in [6.07, 6.45) is 0. The highest BCUT2D eigenvalue weighted by Crippen LogP contribution is 2.68. The molecule has 2 heterocycles. The zero-order chi connectivity index (χ0) is 54.1. The van der Waals surface area contributed by atoms with E-state index in [1.807, 2.05) is 97.1 Å². The van der Waals surface area contributed by atoms with Crippen molar-refractivity contribution in [2.75, 3.05) is 56.9 Å². The molecule has 0 N–H and O–H groups in total. The monoisotopic (exact) mass is 1100 g/mol. The first-order valence-corrected chi connectivity index (χ1v) is 28.1. The number of thioether (sulfide) groups is 4. The molecule has 0 atom stereocenters. The van der Waals surface area contributed by atoms with Gasteiger partial charge in [0, 0.05) is 41.9 Å². The normalized spacial score (nSPS) is 13.0. The molecule has 0 saturated carbocycles. The van der Waals surface area contributed by atoms with Crippen LogP contribution in [0.4, 0.5) is 0 Å². The average molecular weight is 1110 g/mol. The van der Waals surface area contributed by atoms with Crippen LogP contribution in [0.15, 0.2) is 222 Å².